The van der Waals surface area contributed by atoms with Crippen LogP contribution in [0.25, 0.3) is 11.4 Å². The molecule has 0 atom stereocenters. The molecular weight excluding hydrogens is 384 g/mol. The number of rotatable bonds is 7. The summed E-state index contributed by atoms with van der Waals surface area (Å²) in [6.07, 6.45) is 1.71. The second-order valence-electron chi connectivity index (χ2n) is 5.57. The quantitative estimate of drug-likeness (QED) is 0.458. The Morgan fingerprint density at radius 3 is 2.81 bits per heavy atom. The molecule has 3 rings (SSSR count). The Labute approximate surface area is 165 Å². The van der Waals surface area contributed by atoms with Gasteiger partial charge in [-0.15, -0.1) is 16.8 Å². The summed E-state index contributed by atoms with van der Waals surface area (Å²) in [5.74, 6) is 0.610. The molecule has 0 unspecified atom stereocenters. The molecule has 0 spiro atoms. The van der Waals surface area contributed by atoms with Crippen molar-refractivity contribution in [2.24, 2.45) is 0 Å². The smallest absolute Gasteiger partial charge is 0.234 e. The van der Waals surface area contributed by atoms with Crippen LogP contribution in [0.15, 0.2) is 66.3 Å². The number of amides is 1. The van der Waals surface area contributed by atoms with Gasteiger partial charge in [-0.1, -0.05) is 47.6 Å². The Balaban J connectivity index is 1.74. The molecule has 1 aromatic heterocycles. The molecular formula is C19H17ClN4O2S. The molecule has 3 aromatic rings. The van der Waals surface area contributed by atoms with Gasteiger partial charge < -0.3 is 10.4 Å². The largest absolute Gasteiger partial charge is 0.507 e. The predicted molar refractivity (Wildman–Crippen MR) is 108 cm³/mol. The predicted octanol–water partition coefficient (Wildman–Crippen LogP) is 4.22. The summed E-state index contributed by atoms with van der Waals surface area (Å²) in [5, 5.41) is 22.3. The maximum Gasteiger partial charge on any atom is 0.234 e. The number of nitrogens with one attached hydrogen (secondary N) is 1. The zero-order chi connectivity index (χ0) is 19.2. The Hall–Kier alpha value is -2.77. The van der Waals surface area contributed by atoms with Gasteiger partial charge >= 0.3 is 0 Å². The number of carbonyl (C=O) groups is 1. The number of carbonyl (C=O) groups excluding carboxylic acids is 1. The minimum Gasteiger partial charge on any atom is -0.507 e. The second-order valence-corrected chi connectivity index (χ2v) is 6.95. The molecule has 2 aromatic carbocycles. The first-order chi connectivity index (χ1) is 13.1. The lowest BCUT2D eigenvalue weighted by Gasteiger charge is -2.09. The summed E-state index contributed by atoms with van der Waals surface area (Å²) in [4.78, 5) is 12.2. The summed E-state index contributed by atoms with van der Waals surface area (Å²) in [6.45, 7) is 4.21. The molecule has 0 aliphatic carbocycles. The van der Waals surface area contributed by atoms with Gasteiger partial charge in [0.2, 0.25) is 5.91 Å². The Morgan fingerprint density at radius 1 is 1.26 bits per heavy atom. The Kier molecular flexibility index (Phi) is 6.16. The van der Waals surface area contributed by atoms with Gasteiger partial charge in [0.1, 0.15) is 5.75 Å². The fourth-order valence-corrected chi connectivity index (χ4v) is 3.38. The van der Waals surface area contributed by atoms with Crippen molar-refractivity contribution in [1.29, 1.82) is 0 Å². The lowest BCUT2D eigenvalue weighted by atomic mass is 10.2. The number of nitrogens with zero attached hydrogens (tertiary/aromatic N) is 3. The highest BCUT2D eigenvalue weighted by Gasteiger charge is 2.17. The van der Waals surface area contributed by atoms with Crippen molar-refractivity contribution >= 4 is 35.0 Å². The van der Waals surface area contributed by atoms with Gasteiger partial charge in [-0.2, -0.15) is 0 Å². The van der Waals surface area contributed by atoms with Gasteiger partial charge in [0.25, 0.3) is 0 Å². The molecule has 2 N–H and O–H groups in total. The summed E-state index contributed by atoms with van der Waals surface area (Å²) in [5.41, 5.74) is 1.21. The maximum absolute atomic E-state index is 12.2. The molecule has 0 saturated carbocycles. The number of hydrogen-bond acceptors (Lipinski definition) is 5. The van der Waals surface area contributed by atoms with E-state index in [2.05, 4.69) is 22.1 Å². The van der Waals surface area contributed by atoms with E-state index < -0.39 is 0 Å². The number of aromatic nitrogens is 3. The van der Waals surface area contributed by atoms with Crippen LogP contribution >= 0.6 is 23.4 Å². The van der Waals surface area contributed by atoms with Gasteiger partial charge in [-0.25, -0.2) is 0 Å². The van der Waals surface area contributed by atoms with Crippen LogP contribution in [-0.2, 0) is 11.3 Å². The highest BCUT2D eigenvalue weighted by atomic mass is 35.5. The normalized spacial score (nSPS) is 10.6. The van der Waals surface area contributed by atoms with Gasteiger partial charge in [0.05, 0.1) is 11.3 Å². The van der Waals surface area contributed by atoms with E-state index in [0.717, 1.165) is 0 Å². The number of halogens is 1. The van der Waals surface area contributed by atoms with Crippen molar-refractivity contribution in [3.63, 3.8) is 0 Å². The standard InChI is InChI=1S/C19H17ClN4O2S/c1-2-10-24-18(15-8-3-4-9-16(15)25)22-23-19(24)27-12-17(26)21-14-7-5-6-13(20)11-14/h2-9,11,25H,1,10,12H2,(H,21,26). The van der Waals surface area contributed by atoms with Crippen molar-refractivity contribution in [3.8, 4) is 17.1 Å². The average Bonchev–Trinajstić information content (AvgIpc) is 3.03. The molecule has 0 saturated heterocycles. The van der Waals surface area contributed by atoms with Crippen LogP contribution in [0.1, 0.15) is 0 Å². The molecule has 138 valence electrons. The number of para-hydroxylation sites is 1. The van der Waals surface area contributed by atoms with Crippen molar-refractivity contribution in [1.82, 2.24) is 14.8 Å². The molecule has 0 aliphatic rings. The van der Waals surface area contributed by atoms with E-state index in [9.17, 15) is 9.90 Å². The van der Waals surface area contributed by atoms with Crippen LogP contribution in [0.3, 0.4) is 0 Å². The lowest BCUT2D eigenvalue weighted by Crippen LogP contribution is -2.14. The number of aromatic hydroxyl groups is 1. The molecule has 0 bridgehead atoms. The number of phenols is 1. The van der Waals surface area contributed by atoms with Gasteiger partial charge in [0, 0.05) is 17.3 Å². The van der Waals surface area contributed by atoms with Crippen molar-refractivity contribution in [2.45, 2.75) is 11.7 Å². The molecule has 6 nitrogen and oxygen atoms in total. The van der Waals surface area contributed by atoms with Crippen molar-refractivity contribution < 1.29 is 9.90 Å². The van der Waals surface area contributed by atoms with Gasteiger partial charge in [0.15, 0.2) is 11.0 Å². The topological polar surface area (TPSA) is 80.0 Å². The Morgan fingerprint density at radius 2 is 2.07 bits per heavy atom. The molecule has 0 fully saturated rings. The Bertz CT molecular complexity index is 974. The monoisotopic (exact) mass is 400 g/mol. The lowest BCUT2D eigenvalue weighted by molar-refractivity contribution is -0.113. The SMILES string of the molecule is C=CCn1c(SCC(=O)Nc2cccc(Cl)c2)nnc1-c1ccccc1O. The molecule has 8 heteroatoms. The van der Waals surface area contributed by atoms with Gasteiger partial charge in [-0.3, -0.25) is 9.36 Å². The van der Waals surface area contributed by atoms with Crippen LogP contribution in [0.2, 0.25) is 5.02 Å². The van der Waals surface area contributed by atoms with Crippen molar-refractivity contribution in [2.75, 3.05) is 11.1 Å². The van der Waals surface area contributed by atoms with E-state index in [1.807, 2.05) is 6.07 Å². The van der Waals surface area contributed by atoms with E-state index in [-0.39, 0.29) is 17.4 Å². The molecule has 1 heterocycles. The number of allylic oxidation sites excluding steroid dienone is 1. The fourth-order valence-electron chi connectivity index (χ4n) is 2.44. The summed E-state index contributed by atoms with van der Waals surface area (Å²) in [6, 6.07) is 13.9. The molecule has 0 aliphatic heterocycles. The van der Waals surface area contributed by atoms with Gasteiger partial charge in [-0.05, 0) is 30.3 Å². The average molecular weight is 401 g/mol. The third kappa shape index (κ3) is 4.69. The van der Waals surface area contributed by atoms with Crippen LogP contribution in [0, 0.1) is 0 Å². The zero-order valence-corrected chi connectivity index (χ0v) is 15.9. The molecule has 27 heavy (non-hydrogen) atoms. The van der Waals surface area contributed by atoms with Crippen LogP contribution < -0.4 is 5.32 Å². The zero-order valence-electron chi connectivity index (χ0n) is 14.3. The first-order valence-electron chi connectivity index (χ1n) is 8.09. The van der Waals surface area contributed by atoms with Crippen molar-refractivity contribution in [3.05, 3.63) is 66.2 Å². The summed E-state index contributed by atoms with van der Waals surface area (Å²) >= 11 is 7.18. The third-order valence-corrected chi connectivity index (χ3v) is 4.82. The minimum absolute atomic E-state index is 0.116. The number of hydrogen-bond donors (Lipinski definition) is 2. The third-order valence-electron chi connectivity index (χ3n) is 3.61. The number of phenolic OH excluding ortho intramolecular Hbond substituents is 1. The second kappa shape index (κ2) is 8.75. The molecule has 0 radical (unpaired) electrons. The van der Waals surface area contributed by atoms with E-state index in [1.54, 1.807) is 53.1 Å². The van der Waals surface area contributed by atoms with E-state index in [4.69, 9.17) is 11.6 Å². The highest BCUT2D eigenvalue weighted by molar-refractivity contribution is 7.99. The first kappa shape index (κ1) is 19.0. The van der Waals surface area contributed by atoms with E-state index in [1.165, 1.54) is 11.8 Å². The number of thioether (sulfide) groups is 1. The maximum atomic E-state index is 12.2. The summed E-state index contributed by atoms with van der Waals surface area (Å²) in [7, 11) is 0. The first-order valence-corrected chi connectivity index (χ1v) is 9.45. The highest BCUT2D eigenvalue weighted by Crippen LogP contribution is 2.30. The fraction of sp³-hybridized carbons (Fsp3) is 0.105. The van der Waals surface area contributed by atoms with Crippen LogP contribution in [-0.4, -0.2) is 31.5 Å². The number of benzene rings is 2. The van der Waals surface area contributed by atoms with Crippen LogP contribution in [0.4, 0.5) is 5.69 Å². The van der Waals surface area contributed by atoms with Crippen LogP contribution in [0.5, 0.6) is 5.75 Å². The van der Waals surface area contributed by atoms with E-state index >= 15 is 0 Å². The minimum atomic E-state index is -0.181. The molecule has 1 amide bonds. The number of anilines is 1. The van der Waals surface area contributed by atoms with E-state index in [0.29, 0.717) is 33.8 Å². The summed E-state index contributed by atoms with van der Waals surface area (Å²) < 4.78 is 1.80.